The highest BCUT2D eigenvalue weighted by atomic mass is 16.2. The van der Waals surface area contributed by atoms with Gasteiger partial charge in [-0.05, 0) is 54.7 Å². The van der Waals surface area contributed by atoms with Crippen molar-refractivity contribution in [2.45, 2.75) is 25.3 Å². The minimum absolute atomic E-state index is 0.0106. The second-order valence-electron chi connectivity index (χ2n) is 8.17. The molecule has 1 saturated heterocycles. The number of aromatic amines is 1. The quantitative estimate of drug-likeness (QED) is 0.485. The third kappa shape index (κ3) is 5.88. The normalized spacial score (nSPS) is 16.0. The van der Waals surface area contributed by atoms with Crippen molar-refractivity contribution in [3.8, 4) is 11.1 Å². The minimum atomic E-state index is -0.173. The van der Waals surface area contributed by atoms with Crippen LogP contribution in [0.1, 0.15) is 18.4 Å². The fourth-order valence-corrected chi connectivity index (χ4v) is 4.03. The van der Waals surface area contributed by atoms with Crippen LogP contribution >= 0.6 is 0 Å². The zero-order valence-corrected chi connectivity index (χ0v) is 18.8. The van der Waals surface area contributed by atoms with Crippen molar-refractivity contribution in [2.24, 2.45) is 0 Å². The number of benzene rings is 1. The van der Waals surface area contributed by atoms with Crippen molar-refractivity contribution in [2.75, 3.05) is 30.8 Å². The molecular formula is C26H29N5O2. The molecule has 1 amide bonds. The molecule has 0 radical (unpaired) electrons. The van der Waals surface area contributed by atoms with Gasteiger partial charge in [-0.3, -0.25) is 9.59 Å². The second-order valence-corrected chi connectivity index (χ2v) is 8.17. The highest BCUT2D eigenvalue weighted by molar-refractivity contribution is 5.87. The first kappa shape index (κ1) is 22.3. The molecule has 3 N–H and O–H groups in total. The van der Waals surface area contributed by atoms with E-state index in [0.717, 1.165) is 42.8 Å². The van der Waals surface area contributed by atoms with E-state index in [0.29, 0.717) is 12.2 Å². The number of piperidine rings is 1. The Bertz CT molecular complexity index is 1170. The number of H-pyrrole nitrogens is 1. The van der Waals surface area contributed by atoms with Crippen molar-refractivity contribution >= 4 is 17.4 Å². The number of nitrogens with one attached hydrogen (secondary N) is 3. The molecule has 2 aromatic heterocycles. The van der Waals surface area contributed by atoms with Gasteiger partial charge in [-0.25, -0.2) is 4.98 Å². The molecule has 1 fully saturated rings. The van der Waals surface area contributed by atoms with Gasteiger partial charge in [0.1, 0.15) is 11.5 Å². The summed E-state index contributed by atoms with van der Waals surface area (Å²) in [6.45, 7) is 1.30. The van der Waals surface area contributed by atoms with Crippen molar-refractivity contribution in [1.82, 2.24) is 14.9 Å². The fourth-order valence-electron chi connectivity index (χ4n) is 4.03. The number of carbonyl (C=O) groups is 1. The van der Waals surface area contributed by atoms with Crippen LogP contribution < -0.4 is 16.2 Å². The number of anilines is 2. The summed E-state index contributed by atoms with van der Waals surface area (Å²) in [6.07, 6.45) is 9.53. The number of likely N-dealkylation sites (tertiary alicyclic amines) is 1. The lowest BCUT2D eigenvalue weighted by Gasteiger charge is -2.33. The van der Waals surface area contributed by atoms with Gasteiger partial charge in [0.25, 0.3) is 5.56 Å². The Morgan fingerprint density at radius 1 is 1.21 bits per heavy atom. The maximum atomic E-state index is 12.7. The number of allylic oxidation sites excluding steroid dienone is 1. The summed E-state index contributed by atoms with van der Waals surface area (Å²) in [7, 11) is 1.82. The van der Waals surface area contributed by atoms with Crippen LogP contribution in [-0.2, 0) is 11.2 Å². The zero-order valence-electron chi connectivity index (χ0n) is 18.8. The monoisotopic (exact) mass is 443 g/mol. The van der Waals surface area contributed by atoms with Gasteiger partial charge >= 0.3 is 0 Å². The van der Waals surface area contributed by atoms with Gasteiger partial charge < -0.3 is 20.5 Å². The lowest BCUT2D eigenvalue weighted by atomic mass is 10.0. The van der Waals surface area contributed by atoms with Crippen molar-refractivity contribution in [3.63, 3.8) is 0 Å². The number of nitrogens with zero attached hydrogens (tertiary/aromatic N) is 2. The summed E-state index contributed by atoms with van der Waals surface area (Å²) in [4.78, 5) is 34.1. The summed E-state index contributed by atoms with van der Waals surface area (Å²) in [5.74, 6) is 0.770. The van der Waals surface area contributed by atoms with Crippen LogP contribution in [-0.4, -0.2) is 47.0 Å². The van der Waals surface area contributed by atoms with Gasteiger partial charge in [-0.15, -0.1) is 0 Å². The van der Waals surface area contributed by atoms with E-state index in [4.69, 9.17) is 0 Å². The molecular weight excluding hydrogens is 414 g/mol. The summed E-state index contributed by atoms with van der Waals surface area (Å²) >= 11 is 0. The number of hydrogen-bond donors (Lipinski definition) is 3. The van der Waals surface area contributed by atoms with Crippen LogP contribution in [0.5, 0.6) is 0 Å². The fraction of sp³-hybridized carbons (Fsp3) is 0.269. The predicted molar refractivity (Wildman–Crippen MR) is 132 cm³/mol. The zero-order chi connectivity index (χ0) is 23.0. The average molecular weight is 444 g/mol. The largest absolute Gasteiger partial charge is 0.376 e. The molecule has 3 heterocycles. The Labute approximate surface area is 193 Å². The molecule has 0 saturated carbocycles. The Morgan fingerprint density at radius 2 is 2.06 bits per heavy atom. The lowest BCUT2D eigenvalue weighted by molar-refractivity contribution is -0.127. The maximum Gasteiger partial charge on any atom is 0.271 e. The van der Waals surface area contributed by atoms with E-state index in [1.165, 1.54) is 5.56 Å². The lowest BCUT2D eigenvalue weighted by Crippen LogP contribution is -2.45. The maximum absolute atomic E-state index is 12.7. The molecule has 0 spiro atoms. The smallest absolute Gasteiger partial charge is 0.271 e. The van der Waals surface area contributed by atoms with Crippen LogP contribution in [0, 0.1) is 0 Å². The van der Waals surface area contributed by atoms with Gasteiger partial charge in [0.15, 0.2) is 0 Å². The third-order valence-electron chi connectivity index (χ3n) is 5.80. The van der Waals surface area contributed by atoms with Crippen molar-refractivity contribution in [1.29, 1.82) is 0 Å². The average Bonchev–Trinajstić information content (AvgIpc) is 2.86. The van der Waals surface area contributed by atoms with Gasteiger partial charge in [-0.1, -0.05) is 36.4 Å². The molecule has 0 unspecified atom stereocenters. The first-order valence-corrected chi connectivity index (χ1v) is 11.2. The van der Waals surface area contributed by atoms with Crippen molar-refractivity contribution in [3.05, 3.63) is 89.0 Å². The van der Waals surface area contributed by atoms with E-state index < -0.39 is 0 Å². The Morgan fingerprint density at radius 3 is 2.88 bits per heavy atom. The van der Waals surface area contributed by atoms with E-state index in [1.807, 2.05) is 66.6 Å². The standard InChI is InChI=1S/C26H29N5O2/c1-27-24-16-20(12-13-28-24)21-15-23(26(33)29-17-21)30-22-10-6-14-31(18-22)25(32)11-5-9-19-7-3-2-4-8-19/h2-5,7-8,11-13,15-17,22,30H,6,9-10,14,18H2,1H3,(H,27,28)(H,29,33)/b11-5+/t22-/m1/s1. The van der Waals surface area contributed by atoms with E-state index in [1.54, 1.807) is 18.5 Å². The first-order valence-electron chi connectivity index (χ1n) is 11.2. The topological polar surface area (TPSA) is 90.1 Å². The number of rotatable bonds is 7. The molecule has 7 heteroatoms. The molecule has 1 atom stereocenters. The van der Waals surface area contributed by atoms with Gasteiger partial charge in [0, 0.05) is 44.1 Å². The number of pyridine rings is 2. The second kappa shape index (κ2) is 10.6. The van der Waals surface area contributed by atoms with E-state index >= 15 is 0 Å². The number of hydrogen-bond acceptors (Lipinski definition) is 5. The molecule has 7 nitrogen and oxygen atoms in total. The highest BCUT2D eigenvalue weighted by Gasteiger charge is 2.23. The van der Waals surface area contributed by atoms with Crippen molar-refractivity contribution < 1.29 is 4.79 Å². The van der Waals surface area contributed by atoms with Gasteiger partial charge in [-0.2, -0.15) is 0 Å². The van der Waals surface area contributed by atoms with Gasteiger partial charge in [0.2, 0.25) is 5.91 Å². The van der Waals surface area contributed by atoms with Crippen LogP contribution in [0.4, 0.5) is 11.5 Å². The highest BCUT2D eigenvalue weighted by Crippen LogP contribution is 2.23. The van der Waals surface area contributed by atoms with E-state index in [-0.39, 0.29) is 17.5 Å². The summed E-state index contributed by atoms with van der Waals surface area (Å²) in [6, 6.07) is 15.8. The molecule has 0 bridgehead atoms. The molecule has 1 aliphatic rings. The molecule has 4 rings (SSSR count). The Balaban J connectivity index is 1.40. The summed E-state index contributed by atoms with van der Waals surface area (Å²) in [5, 5.41) is 6.39. The summed E-state index contributed by atoms with van der Waals surface area (Å²) < 4.78 is 0. The van der Waals surface area contributed by atoms with E-state index in [9.17, 15) is 9.59 Å². The molecule has 0 aliphatic carbocycles. The predicted octanol–water partition coefficient (Wildman–Crippen LogP) is 3.68. The molecule has 1 aliphatic heterocycles. The van der Waals surface area contributed by atoms with E-state index in [2.05, 4.69) is 20.6 Å². The van der Waals surface area contributed by atoms with Crippen LogP contribution in [0.15, 0.2) is 77.9 Å². The van der Waals surface area contributed by atoms with Crippen LogP contribution in [0.2, 0.25) is 0 Å². The van der Waals surface area contributed by atoms with Crippen LogP contribution in [0.3, 0.4) is 0 Å². The first-order chi connectivity index (χ1) is 16.1. The molecule has 33 heavy (non-hydrogen) atoms. The molecule has 3 aromatic rings. The number of carbonyl (C=O) groups excluding carboxylic acids is 1. The van der Waals surface area contributed by atoms with Gasteiger partial charge in [0.05, 0.1) is 0 Å². The third-order valence-corrected chi connectivity index (χ3v) is 5.80. The Hall–Kier alpha value is -3.87. The SMILES string of the molecule is CNc1cc(-c2c[nH]c(=O)c(N[C@@H]3CCCN(C(=O)/C=C/Cc4ccccc4)C3)c2)ccn1. The minimum Gasteiger partial charge on any atom is -0.376 e. The Kier molecular flexibility index (Phi) is 7.19. The number of amides is 1. The molecule has 1 aromatic carbocycles. The number of aromatic nitrogens is 2. The van der Waals surface area contributed by atoms with Crippen LogP contribution in [0.25, 0.3) is 11.1 Å². The molecule has 170 valence electrons. The summed E-state index contributed by atoms with van der Waals surface area (Å²) in [5.41, 5.74) is 3.36.